The number of nitrogens with one attached hydrogen (secondary N) is 1. The largest absolute Gasteiger partial charge is 0.349 e. The van der Waals surface area contributed by atoms with Crippen molar-refractivity contribution in [3.8, 4) is 0 Å². The Morgan fingerprint density at radius 1 is 1.30 bits per heavy atom. The first-order chi connectivity index (χ1) is 11.1. The second kappa shape index (κ2) is 6.54. The molecule has 0 spiro atoms. The van der Waals surface area contributed by atoms with Crippen molar-refractivity contribution in [1.82, 2.24) is 10.2 Å². The van der Waals surface area contributed by atoms with Crippen LogP contribution in [0.25, 0.3) is 0 Å². The second-order valence-electron chi connectivity index (χ2n) is 5.97. The highest BCUT2D eigenvalue weighted by Crippen LogP contribution is 2.32. The van der Waals surface area contributed by atoms with Crippen molar-refractivity contribution in [3.63, 3.8) is 0 Å². The minimum Gasteiger partial charge on any atom is -0.349 e. The zero-order valence-electron chi connectivity index (χ0n) is 13.3. The summed E-state index contributed by atoms with van der Waals surface area (Å²) >= 11 is 1.61. The van der Waals surface area contributed by atoms with Crippen LogP contribution in [0.15, 0.2) is 41.8 Å². The van der Waals surface area contributed by atoms with E-state index in [1.165, 1.54) is 0 Å². The van der Waals surface area contributed by atoms with E-state index in [4.69, 9.17) is 0 Å². The molecule has 0 saturated heterocycles. The van der Waals surface area contributed by atoms with Crippen molar-refractivity contribution in [3.05, 3.63) is 57.8 Å². The first-order valence-electron chi connectivity index (χ1n) is 7.77. The molecular weight excluding hydrogens is 308 g/mol. The smallest absolute Gasteiger partial charge is 0.247 e. The Bertz CT molecular complexity index is 710. The van der Waals surface area contributed by atoms with Gasteiger partial charge in [-0.05, 0) is 36.4 Å². The molecule has 1 N–H and O–H groups in total. The van der Waals surface area contributed by atoms with E-state index in [1.54, 1.807) is 16.2 Å². The average Bonchev–Trinajstić information content (AvgIpc) is 3.04. The lowest BCUT2D eigenvalue weighted by molar-refractivity contribution is -0.143. The quantitative estimate of drug-likeness (QED) is 0.938. The van der Waals surface area contributed by atoms with Crippen LogP contribution in [0.2, 0.25) is 0 Å². The van der Waals surface area contributed by atoms with Gasteiger partial charge in [0.15, 0.2) is 0 Å². The molecule has 1 atom stereocenters. The summed E-state index contributed by atoms with van der Waals surface area (Å²) < 4.78 is 0. The summed E-state index contributed by atoms with van der Waals surface area (Å²) in [5, 5.41) is 4.97. The lowest BCUT2D eigenvalue weighted by Gasteiger charge is -2.38. The average molecular weight is 328 g/mol. The molecular formula is C18H20N2O2S. The summed E-state index contributed by atoms with van der Waals surface area (Å²) in [5.41, 5.74) is 1.88. The van der Waals surface area contributed by atoms with E-state index >= 15 is 0 Å². The third kappa shape index (κ3) is 3.15. The minimum atomic E-state index is -0.549. The molecule has 1 aromatic carbocycles. The summed E-state index contributed by atoms with van der Waals surface area (Å²) in [7, 11) is 0. The van der Waals surface area contributed by atoms with Crippen molar-refractivity contribution < 1.29 is 9.59 Å². The normalized spacial score (nSPS) is 17.3. The Morgan fingerprint density at radius 3 is 2.78 bits per heavy atom. The summed E-state index contributed by atoms with van der Waals surface area (Å²) in [4.78, 5) is 28.1. The molecule has 1 aliphatic heterocycles. The molecule has 0 fully saturated rings. The Morgan fingerprint density at radius 2 is 2.09 bits per heavy atom. The van der Waals surface area contributed by atoms with Gasteiger partial charge in [-0.2, -0.15) is 0 Å². The molecule has 23 heavy (non-hydrogen) atoms. The fourth-order valence-corrected chi connectivity index (χ4v) is 3.69. The lowest BCUT2D eigenvalue weighted by atomic mass is 9.90. The molecule has 1 aliphatic rings. The van der Waals surface area contributed by atoms with Crippen LogP contribution in [0.1, 0.15) is 35.9 Å². The number of fused-ring (bicyclic) bond motifs is 1. The molecule has 120 valence electrons. The number of benzene rings is 1. The highest BCUT2D eigenvalue weighted by molar-refractivity contribution is 7.09. The van der Waals surface area contributed by atoms with Gasteiger partial charge in [-0.1, -0.05) is 30.3 Å². The van der Waals surface area contributed by atoms with Gasteiger partial charge in [-0.25, -0.2) is 0 Å². The first kappa shape index (κ1) is 15.7. The number of amides is 2. The third-order valence-electron chi connectivity index (χ3n) is 4.08. The Balaban J connectivity index is 1.88. The van der Waals surface area contributed by atoms with Crippen molar-refractivity contribution >= 4 is 23.2 Å². The van der Waals surface area contributed by atoms with E-state index in [0.29, 0.717) is 13.0 Å². The standard InChI is InChI=1S/C18H20N2O2S/c1-12(2)20-16(21)10-13-6-3-4-8-15(13)17(20)18(22)19-11-14-7-5-9-23-14/h3-9,12,17H,10-11H2,1-2H3,(H,19,22). The molecule has 1 unspecified atom stereocenters. The maximum Gasteiger partial charge on any atom is 0.247 e. The zero-order chi connectivity index (χ0) is 16.4. The molecule has 2 heterocycles. The van der Waals surface area contributed by atoms with Crippen LogP contribution >= 0.6 is 11.3 Å². The van der Waals surface area contributed by atoms with Gasteiger partial charge in [0.05, 0.1) is 13.0 Å². The number of carbonyl (C=O) groups excluding carboxylic acids is 2. The van der Waals surface area contributed by atoms with Crippen LogP contribution in [0.3, 0.4) is 0 Å². The predicted octanol–water partition coefficient (Wildman–Crippen LogP) is 2.90. The number of rotatable bonds is 4. The molecule has 4 nitrogen and oxygen atoms in total. The molecule has 3 rings (SSSR count). The molecule has 0 bridgehead atoms. The molecule has 5 heteroatoms. The number of nitrogens with zero attached hydrogens (tertiary/aromatic N) is 1. The van der Waals surface area contributed by atoms with E-state index in [1.807, 2.05) is 55.6 Å². The van der Waals surface area contributed by atoms with E-state index < -0.39 is 6.04 Å². The minimum absolute atomic E-state index is 0.00923. The van der Waals surface area contributed by atoms with E-state index in [-0.39, 0.29) is 17.9 Å². The predicted molar refractivity (Wildman–Crippen MR) is 91.0 cm³/mol. The zero-order valence-corrected chi connectivity index (χ0v) is 14.1. The lowest BCUT2D eigenvalue weighted by Crippen LogP contribution is -2.50. The number of hydrogen-bond acceptors (Lipinski definition) is 3. The maximum atomic E-state index is 12.8. The highest BCUT2D eigenvalue weighted by Gasteiger charge is 2.38. The third-order valence-corrected chi connectivity index (χ3v) is 4.96. The van der Waals surface area contributed by atoms with Crippen LogP contribution in [-0.4, -0.2) is 22.8 Å². The fraction of sp³-hybridized carbons (Fsp3) is 0.333. The monoisotopic (exact) mass is 328 g/mol. The SMILES string of the molecule is CC(C)N1C(=O)Cc2ccccc2C1C(=O)NCc1cccs1. The van der Waals surface area contributed by atoms with Gasteiger partial charge in [0.2, 0.25) is 11.8 Å². The van der Waals surface area contributed by atoms with Crippen molar-refractivity contribution in [2.24, 2.45) is 0 Å². The van der Waals surface area contributed by atoms with Gasteiger partial charge in [-0.3, -0.25) is 9.59 Å². The Hall–Kier alpha value is -2.14. The summed E-state index contributed by atoms with van der Waals surface area (Å²) in [5.74, 6) is -0.109. The van der Waals surface area contributed by atoms with Crippen molar-refractivity contribution in [2.75, 3.05) is 0 Å². The number of carbonyl (C=O) groups is 2. The van der Waals surface area contributed by atoms with Gasteiger partial charge >= 0.3 is 0 Å². The number of hydrogen-bond donors (Lipinski definition) is 1. The Kier molecular flexibility index (Phi) is 4.48. The molecule has 2 amide bonds. The molecule has 0 radical (unpaired) electrons. The van der Waals surface area contributed by atoms with Crippen LogP contribution in [0.4, 0.5) is 0 Å². The van der Waals surface area contributed by atoms with Gasteiger partial charge in [0.1, 0.15) is 6.04 Å². The van der Waals surface area contributed by atoms with Crippen LogP contribution in [0, 0.1) is 0 Å². The molecule has 2 aromatic rings. The summed E-state index contributed by atoms with van der Waals surface area (Å²) in [6, 6.07) is 11.1. The highest BCUT2D eigenvalue weighted by atomic mass is 32.1. The van der Waals surface area contributed by atoms with E-state index in [0.717, 1.165) is 16.0 Å². The van der Waals surface area contributed by atoms with E-state index in [9.17, 15) is 9.59 Å². The van der Waals surface area contributed by atoms with Crippen LogP contribution < -0.4 is 5.32 Å². The fourth-order valence-electron chi connectivity index (χ4n) is 3.05. The number of thiophene rings is 1. The molecule has 0 saturated carbocycles. The van der Waals surface area contributed by atoms with Crippen LogP contribution in [0.5, 0.6) is 0 Å². The maximum absolute atomic E-state index is 12.8. The molecule has 0 aliphatic carbocycles. The van der Waals surface area contributed by atoms with Gasteiger partial charge in [0.25, 0.3) is 0 Å². The van der Waals surface area contributed by atoms with Crippen molar-refractivity contribution in [2.45, 2.75) is 38.9 Å². The Labute approximate surface area is 140 Å². The summed E-state index contributed by atoms with van der Waals surface area (Å²) in [6.45, 7) is 4.39. The summed E-state index contributed by atoms with van der Waals surface area (Å²) in [6.07, 6.45) is 0.364. The molecule has 1 aromatic heterocycles. The topological polar surface area (TPSA) is 49.4 Å². The van der Waals surface area contributed by atoms with Crippen molar-refractivity contribution in [1.29, 1.82) is 0 Å². The second-order valence-corrected chi connectivity index (χ2v) is 7.00. The van der Waals surface area contributed by atoms with E-state index in [2.05, 4.69) is 5.32 Å². The first-order valence-corrected chi connectivity index (χ1v) is 8.65. The van der Waals surface area contributed by atoms with Gasteiger partial charge < -0.3 is 10.2 Å². The van der Waals surface area contributed by atoms with Gasteiger partial charge in [-0.15, -0.1) is 11.3 Å². The van der Waals surface area contributed by atoms with Crippen LogP contribution in [-0.2, 0) is 22.6 Å². The van der Waals surface area contributed by atoms with Gasteiger partial charge in [0, 0.05) is 10.9 Å².